The first-order valence-electron chi connectivity index (χ1n) is 6.03. The van der Waals surface area contributed by atoms with E-state index in [1.54, 1.807) is 14.0 Å². The molecule has 1 aromatic rings. The lowest BCUT2D eigenvalue weighted by Gasteiger charge is -2.09. The fourth-order valence-corrected chi connectivity index (χ4v) is 1.72. The molecule has 1 rings (SSSR count). The van der Waals surface area contributed by atoms with Gasteiger partial charge in [-0.1, -0.05) is 19.1 Å². The van der Waals surface area contributed by atoms with Crippen molar-refractivity contribution in [1.82, 2.24) is 5.32 Å². The Morgan fingerprint density at radius 2 is 2.18 bits per heavy atom. The van der Waals surface area contributed by atoms with Gasteiger partial charge >= 0.3 is 0 Å². The number of hydrogen-bond donors (Lipinski definition) is 1. The van der Waals surface area contributed by atoms with Gasteiger partial charge in [0.15, 0.2) is 0 Å². The van der Waals surface area contributed by atoms with E-state index in [4.69, 9.17) is 4.74 Å². The van der Waals surface area contributed by atoms with Gasteiger partial charge in [0.1, 0.15) is 11.5 Å². The van der Waals surface area contributed by atoms with E-state index in [1.807, 2.05) is 6.07 Å². The van der Waals surface area contributed by atoms with Gasteiger partial charge < -0.3 is 10.1 Å². The monoisotopic (exact) mass is 235 g/mol. The standard InChI is InChI=1S/C14H21NO2/c1-4-13-9-12(5-6-14(13)17-3)10-15-8-7-11(2)16/h5-6,9,15H,4,7-8,10H2,1-3H3. The molecule has 17 heavy (non-hydrogen) atoms. The zero-order valence-electron chi connectivity index (χ0n) is 10.9. The third-order valence-corrected chi connectivity index (χ3v) is 2.71. The number of ether oxygens (including phenoxy) is 1. The number of aryl methyl sites for hydroxylation is 1. The van der Waals surface area contributed by atoms with Crippen molar-refractivity contribution in [2.24, 2.45) is 0 Å². The molecule has 0 aliphatic rings. The fourth-order valence-electron chi connectivity index (χ4n) is 1.72. The highest BCUT2D eigenvalue weighted by atomic mass is 16.5. The van der Waals surface area contributed by atoms with Crippen LogP contribution in [0.1, 0.15) is 31.4 Å². The Morgan fingerprint density at radius 3 is 2.76 bits per heavy atom. The maximum Gasteiger partial charge on any atom is 0.131 e. The van der Waals surface area contributed by atoms with E-state index in [1.165, 1.54) is 11.1 Å². The second-order valence-electron chi connectivity index (χ2n) is 4.13. The van der Waals surface area contributed by atoms with Gasteiger partial charge in [-0.3, -0.25) is 4.79 Å². The number of carbonyl (C=O) groups is 1. The summed E-state index contributed by atoms with van der Waals surface area (Å²) >= 11 is 0. The first kappa shape index (κ1) is 13.7. The van der Waals surface area contributed by atoms with Crippen molar-refractivity contribution < 1.29 is 9.53 Å². The van der Waals surface area contributed by atoms with Gasteiger partial charge in [-0.2, -0.15) is 0 Å². The lowest BCUT2D eigenvalue weighted by molar-refractivity contribution is -0.116. The van der Waals surface area contributed by atoms with Gasteiger partial charge in [0.05, 0.1) is 7.11 Å². The quantitative estimate of drug-likeness (QED) is 0.737. The molecule has 0 aromatic heterocycles. The SMILES string of the molecule is CCc1cc(CNCCC(C)=O)ccc1OC. The third kappa shape index (κ3) is 4.57. The van der Waals surface area contributed by atoms with Gasteiger partial charge in [-0.25, -0.2) is 0 Å². The Morgan fingerprint density at radius 1 is 1.41 bits per heavy atom. The predicted octanol–water partition coefficient (Wildman–Crippen LogP) is 2.33. The first-order chi connectivity index (χ1) is 8.17. The summed E-state index contributed by atoms with van der Waals surface area (Å²) in [4.78, 5) is 10.8. The van der Waals surface area contributed by atoms with Crippen molar-refractivity contribution >= 4 is 5.78 Å². The van der Waals surface area contributed by atoms with Crippen LogP contribution < -0.4 is 10.1 Å². The Kier molecular flexibility index (Phi) is 5.70. The molecular formula is C14H21NO2. The predicted molar refractivity (Wildman–Crippen MR) is 69.4 cm³/mol. The largest absolute Gasteiger partial charge is 0.496 e. The van der Waals surface area contributed by atoms with Crippen LogP contribution in [0.4, 0.5) is 0 Å². The molecule has 0 aliphatic heterocycles. The summed E-state index contributed by atoms with van der Waals surface area (Å²) in [6.45, 7) is 5.27. The maximum atomic E-state index is 10.8. The number of carbonyl (C=O) groups excluding carboxylic acids is 1. The van der Waals surface area contributed by atoms with E-state index in [0.717, 1.165) is 25.3 Å². The van der Waals surface area contributed by atoms with Crippen LogP contribution in [0.3, 0.4) is 0 Å². The second-order valence-corrected chi connectivity index (χ2v) is 4.13. The lowest BCUT2D eigenvalue weighted by Crippen LogP contribution is -2.16. The number of Topliss-reactive ketones (excluding diaryl/α,β-unsaturated/α-hetero) is 1. The number of methoxy groups -OCH3 is 1. The topological polar surface area (TPSA) is 38.3 Å². The summed E-state index contributed by atoms with van der Waals surface area (Å²) in [6.07, 6.45) is 1.56. The Balaban J connectivity index is 2.51. The molecule has 0 spiro atoms. The average molecular weight is 235 g/mol. The summed E-state index contributed by atoms with van der Waals surface area (Å²) in [7, 11) is 1.69. The van der Waals surface area contributed by atoms with Gasteiger partial charge in [-0.05, 0) is 30.5 Å². The van der Waals surface area contributed by atoms with E-state index in [9.17, 15) is 4.79 Å². The smallest absolute Gasteiger partial charge is 0.131 e. The number of nitrogens with one attached hydrogen (secondary N) is 1. The highest BCUT2D eigenvalue weighted by Gasteiger charge is 2.02. The fraction of sp³-hybridized carbons (Fsp3) is 0.500. The van der Waals surface area contributed by atoms with Crippen molar-refractivity contribution in [2.45, 2.75) is 33.2 Å². The third-order valence-electron chi connectivity index (χ3n) is 2.71. The Bertz CT molecular complexity index is 374. The molecule has 94 valence electrons. The van der Waals surface area contributed by atoms with Crippen LogP contribution in [0.2, 0.25) is 0 Å². The second kappa shape index (κ2) is 7.07. The van der Waals surface area contributed by atoms with Crippen molar-refractivity contribution in [3.05, 3.63) is 29.3 Å². The normalized spacial score (nSPS) is 10.3. The molecule has 0 bridgehead atoms. The summed E-state index contributed by atoms with van der Waals surface area (Å²) in [5, 5.41) is 3.26. The van der Waals surface area contributed by atoms with Crippen LogP contribution in [-0.4, -0.2) is 19.4 Å². The summed E-state index contributed by atoms with van der Waals surface area (Å²) in [6, 6.07) is 6.21. The molecule has 0 unspecified atom stereocenters. The molecule has 0 heterocycles. The van der Waals surface area contributed by atoms with Crippen LogP contribution in [-0.2, 0) is 17.8 Å². The van der Waals surface area contributed by atoms with E-state index in [2.05, 4.69) is 24.4 Å². The zero-order valence-corrected chi connectivity index (χ0v) is 10.9. The molecule has 0 radical (unpaired) electrons. The van der Waals surface area contributed by atoms with Gasteiger partial charge in [-0.15, -0.1) is 0 Å². The zero-order chi connectivity index (χ0) is 12.7. The molecule has 0 atom stereocenters. The lowest BCUT2D eigenvalue weighted by atomic mass is 10.1. The minimum atomic E-state index is 0.224. The molecule has 0 aliphatic carbocycles. The van der Waals surface area contributed by atoms with Crippen LogP contribution >= 0.6 is 0 Å². The molecule has 3 heteroatoms. The van der Waals surface area contributed by atoms with Crippen LogP contribution in [0.25, 0.3) is 0 Å². The van der Waals surface area contributed by atoms with E-state index in [-0.39, 0.29) is 5.78 Å². The van der Waals surface area contributed by atoms with Crippen LogP contribution in [0.15, 0.2) is 18.2 Å². The number of ketones is 1. The van der Waals surface area contributed by atoms with Gasteiger partial charge in [0.25, 0.3) is 0 Å². The molecule has 1 N–H and O–H groups in total. The van der Waals surface area contributed by atoms with E-state index >= 15 is 0 Å². The average Bonchev–Trinajstić information content (AvgIpc) is 2.34. The van der Waals surface area contributed by atoms with E-state index in [0.29, 0.717) is 6.42 Å². The molecule has 0 amide bonds. The highest BCUT2D eigenvalue weighted by Crippen LogP contribution is 2.20. The minimum absolute atomic E-state index is 0.224. The number of rotatable bonds is 7. The van der Waals surface area contributed by atoms with Crippen molar-refractivity contribution in [3.8, 4) is 5.75 Å². The Hall–Kier alpha value is -1.35. The first-order valence-corrected chi connectivity index (χ1v) is 6.03. The van der Waals surface area contributed by atoms with Crippen molar-refractivity contribution in [1.29, 1.82) is 0 Å². The number of benzene rings is 1. The summed E-state index contributed by atoms with van der Waals surface area (Å²) in [5.74, 6) is 1.17. The van der Waals surface area contributed by atoms with Gasteiger partial charge in [0, 0.05) is 19.5 Å². The van der Waals surface area contributed by atoms with Crippen LogP contribution in [0, 0.1) is 0 Å². The summed E-state index contributed by atoms with van der Waals surface area (Å²) in [5.41, 5.74) is 2.45. The minimum Gasteiger partial charge on any atom is -0.496 e. The molecule has 3 nitrogen and oxygen atoms in total. The molecule has 0 fully saturated rings. The van der Waals surface area contributed by atoms with Gasteiger partial charge in [0.2, 0.25) is 0 Å². The number of hydrogen-bond acceptors (Lipinski definition) is 3. The maximum absolute atomic E-state index is 10.8. The van der Waals surface area contributed by atoms with Crippen LogP contribution in [0.5, 0.6) is 5.75 Å². The van der Waals surface area contributed by atoms with Crippen molar-refractivity contribution in [3.63, 3.8) is 0 Å². The molecular weight excluding hydrogens is 214 g/mol. The molecule has 1 aromatic carbocycles. The Labute approximate surface area is 103 Å². The van der Waals surface area contributed by atoms with E-state index < -0.39 is 0 Å². The highest BCUT2D eigenvalue weighted by molar-refractivity contribution is 5.75. The summed E-state index contributed by atoms with van der Waals surface area (Å²) < 4.78 is 5.28. The molecule has 0 saturated carbocycles. The van der Waals surface area contributed by atoms with Crippen molar-refractivity contribution in [2.75, 3.05) is 13.7 Å². The molecule has 0 saturated heterocycles.